The molecular weight excluding hydrogens is 230 g/mol. The van der Waals surface area contributed by atoms with Gasteiger partial charge in [0.2, 0.25) is 0 Å². The van der Waals surface area contributed by atoms with Gasteiger partial charge < -0.3 is 14.8 Å². The van der Waals surface area contributed by atoms with Crippen molar-refractivity contribution >= 4 is 5.91 Å². The van der Waals surface area contributed by atoms with Crippen LogP contribution in [0.2, 0.25) is 0 Å². The number of aryl methyl sites for hydroxylation is 2. The Hall–Kier alpha value is -1.55. The summed E-state index contributed by atoms with van der Waals surface area (Å²) in [6.45, 7) is 6.40. The lowest BCUT2D eigenvalue weighted by atomic mass is 10.1. The van der Waals surface area contributed by atoms with Crippen LogP contribution >= 0.6 is 0 Å². The molecule has 0 spiro atoms. The third kappa shape index (κ3) is 4.75. The summed E-state index contributed by atoms with van der Waals surface area (Å²) in [6.07, 6.45) is 0. The van der Waals surface area contributed by atoms with Crippen LogP contribution in [0.5, 0.6) is 5.75 Å². The summed E-state index contributed by atoms with van der Waals surface area (Å²) in [5.41, 5.74) is 2.21. The van der Waals surface area contributed by atoms with E-state index in [1.807, 2.05) is 39.0 Å². The standard InChI is InChI=1S/C14H21NO3/c1-10-5-6-13(11(2)7-10)18-9-14(16)15-12(3)8-17-4/h5-7,12H,8-9H2,1-4H3,(H,15,16)/t12-/m0/s1. The number of carbonyl (C=O) groups excluding carboxylic acids is 1. The molecule has 0 saturated carbocycles. The smallest absolute Gasteiger partial charge is 0.258 e. The van der Waals surface area contributed by atoms with Gasteiger partial charge in [0, 0.05) is 13.2 Å². The Bertz CT molecular complexity index is 404. The molecule has 100 valence electrons. The SMILES string of the molecule is COC[C@H](C)NC(=O)COc1ccc(C)cc1C. The minimum Gasteiger partial charge on any atom is -0.484 e. The zero-order chi connectivity index (χ0) is 13.5. The van der Waals surface area contributed by atoms with Gasteiger partial charge in [0.05, 0.1) is 6.61 Å². The lowest BCUT2D eigenvalue weighted by Gasteiger charge is -2.14. The molecule has 0 saturated heterocycles. The molecular formula is C14H21NO3. The zero-order valence-corrected chi connectivity index (χ0v) is 11.4. The fraction of sp³-hybridized carbons (Fsp3) is 0.500. The molecule has 1 aromatic carbocycles. The van der Waals surface area contributed by atoms with Crippen molar-refractivity contribution < 1.29 is 14.3 Å². The van der Waals surface area contributed by atoms with E-state index in [1.165, 1.54) is 5.56 Å². The number of carbonyl (C=O) groups is 1. The van der Waals surface area contributed by atoms with Crippen LogP contribution in [-0.4, -0.2) is 32.3 Å². The Morgan fingerprint density at radius 3 is 2.72 bits per heavy atom. The van der Waals surface area contributed by atoms with Gasteiger partial charge in [0.25, 0.3) is 5.91 Å². The van der Waals surface area contributed by atoms with Gasteiger partial charge >= 0.3 is 0 Å². The molecule has 0 bridgehead atoms. The first-order chi connectivity index (χ1) is 8.52. The van der Waals surface area contributed by atoms with Gasteiger partial charge in [-0.3, -0.25) is 4.79 Å². The van der Waals surface area contributed by atoms with Crippen molar-refractivity contribution in [2.75, 3.05) is 20.3 Å². The van der Waals surface area contributed by atoms with E-state index in [0.29, 0.717) is 6.61 Å². The second kappa shape index (κ2) is 7.01. The molecule has 0 aromatic heterocycles. The Morgan fingerprint density at radius 2 is 2.11 bits per heavy atom. The molecule has 0 radical (unpaired) electrons. The molecule has 4 nitrogen and oxygen atoms in total. The van der Waals surface area contributed by atoms with E-state index in [9.17, 15) is 4.79 Å². The highest BCUT2D eigenvalue weighted by Gasteiger charge is 2.08. The van der Waals surface area contributed by atoms with E-state index < -0.39 is 0 Å². The summed E-state index contributed by atoms with van der Waals surface area (Å²) in [7, 11) is 1.61. The second-order valence-corrected chi connectivity index (χ2v) is 4.48. The summed E-state index contributed by atoms with van der Waals surface area (Å²) >= 11 is 0. The van der Waals surface area contributed by atoms with Crippen LogP contribution in [0.25, 0.3) is 0 Å². The monoisotopic (exact) mass is 251 g/mol. The number of hydrogen-bond acceptors (Lipinski definition) is 3. The highest BCUT2D eigenvalue weighted by molar-refractivity contribution is 5.77. The van der Waals surface area contributed by atoms with E-state index in [-0.39, 0.29) is 18.6 Å². The summed E-state index contributed by atoms with van der Waals surface area (Å²) in [6, 6.07) is 5.87. The van der Waals surface area contributed by atoms with Crippen molar-refractivity contribution in [3.8, 4) is 5.75 Å². The first kappa shape index (κ1) is 14.5. The molecule has 0 fully saturated rings. The van der Waals surface area contributed by atoms with Gasteiger partial charge in [-0.2, -0.15) is 0 Å². The molecule has 1 N–H and O–H groups in total. The second-order valence-electron chi connectivity index (χ2n) is 4.48. The number of hydrogen-bond donors (Lipinski definition) is 1. The average molecular weight is 251 g/mol. The van der Waals surface area contributed by atoms with E-state index in [2.05, 4.69) is 5.32 Å². The van der Waals surface area contributed by atoms with Gasteiger partial charge in [0.15, 0.2) is 6.61 Å². The van der Waals surface area contributed by atoms with Crippen molar-refractivity contribution in [2.24, 2.45) is 0 Å². The van der Waals surface area contributed by atoms with Crippen LogP contribution in [0.15, 0.2) is 18.2 Å². The van der Waals surface area contributed by atoms with Crippen molar-refractivity contribution in [3.05, 3.63) is 29.3 Å². The zero-order valence-electron chi connectivity index (χ0n) is 11.4. The summed E-state index contributed by atoms with van der Waals surface area (Å²) in [5.74, 6) is 0.606. The third-order valence-corrected chi connectivity index (χ3v) is 2.51. The maximum atomic E-state index is 11.6. The highest BCUT2D eigenvalue weighted by Crippen LogP contribution is 2.18. The third-order valence-electron chi connectivity index (χ3n) is 2.51. The number of nitrogens with one attached hydrogen (secondary N) is 1. The summed E-state index contributed by atoms with van der Waals surface area (Å²) in [5, 5.41) is 2.79. The van der Waals surface area contributed by atoms with Crippen molar-refractivity contribution in [3.63, 3.8) is 0 Å². The molecule has 0 aliphatic rings. The molecule has 0 aliphatic carbocycles. The molecule has 1 rings (SSSR count). The predicted octanol–water partition coefficient (Wildman–Crippen LogP) is 1.83. The summed E-state index contributed by atoms with van der Waals surface area (Å²) in [4.78, 5) is 11.6. The van der Waals surface area contributed by atoms with Gasteiger partial charge in [0.1, 0.15) is 5.75 Å². The Labute approximate surface area is 108 Å². The van der Waals surface area contributed by atoms with Crippen LogP contribution in [0.3, 0.4) is 0 Å². The quantitative estimate of drug-likeness (QED) is 0.839. The largest absolute Gasteiger partial charge is 0.484 e. The maximum absolute atomic E-state index is 11.6. The molecule has 1 atom stereocenters. The van der Waals surface area contributed by atoms with Crippen molar-refractivity contribution in [1.29, 1.82) is 0 Å². The van der Waals surface area contributed by atoms with Gasteiger partial charge in [-0.05, 0) is 32.4 Å². The highest BCUT2D eigenvalue weighted by atomic mass is 16.5. The predicted molar refractivity (Wildman–Crippen MR) is 70.9 cm³/mol. The van der Waals surface area contributed by atoms with Gasteiger partial charge in [-0.25, -0.2) is 0 Å². The number of methoxy groups -OCH3 is 1. The summed E-state index contributed by atoms with van der Waals surface area (Å²) < 4.78 is 10.4. The number of rotatable bonds is 6. The first-order valence-electron chi connectivity index (χ1n) is 6.01. The molecule has 0 heterocycles. The van der Waals surface area contributed by atoms with Crippen LogP contribution in [0.4, 0.5) is 0 Å². The van der Waals surface area contributed by atoms with Crippen molar-refractivity contribution in [1.82, 2.24) is 5.32 Å². The topological polar surface area (TPSA) is 47.6 Å². The van der Waals surface area contributed by atoms with E-state index in [0.717, 1.165) is 11.3 Å². The minimum atomic E-state index is -0.139. The fourth-order valence-corrected chi connectivity index (χ4v) is 1.71. The molecule has 1 aromatic rings. The lowest BCUT2D eigenvalue weighted by Crippen LogP contribution is -2.38. The van der Waals surface area contributed by atoms with Crippen LogP contribution in [0, 0.1) is 13.8 Å². The molecule has 4 heteroatoms. The Balaban J connectivity index is 2.42. The minimum absolute atomic E-state index is 0.00906. The van der Waals surface area contributed by atoms with Crippen LogP contribution in [-0.2, 0) is 9.53 Å². The molecule has 0 unspecified atom stereocenters. The molecule has 0 aliphatic heterocycles. The molecule has 18 heavy (non-hydrogen) atoms. The Morgan fingerprint density at radius 1 is 1.39 bits per heavy atom. The van der Waals surface area contributed by atoms with Gasteiger partial charge in [-0.1, -0.05) is 17.7 Å². The van der Waals surface area contributed by atoms with Crippen LogP contribution < -0.4 is 10.1 Å². The van der Waals surface area contributed by atoms with Gasteiger partial charge in [-0.15, -0.1) is 0 Å². The van der Waals surface area contributed by atoms with Crippen molar-refractivity contribution in [2.45, 2.75) is 26.8 Å². The first-order valence-corrected chi connectivity index (χ1v) is 6.01. The van der Waals surface area contributed by atoms with E-state index in [4.69, 9.17) is 9.47 Å². The Kier molecular flexibility index (Phi) is 5.65. The lowest BCUT2D eigenvalue weighted by molar-refractivity contribution is -0.124. The number of ether oxygens (including phenoxy) is 2. The fourth-order valence-electron chi connectivity index (χ4n) is 1.71. The van der Waals surface area contributed by atoms with E-state index in [1.54, 1.807) is 7.11 Å². The van der Waals surface area contributed by atoms with Crippen LogP contribution in [0.1, 0.15) is 18.1 Å². The maximum Gasteiger partial charge on any atom is 0.258 e. The number of amides is 1. The average Bonchev–Trinajstić information content (AvgIpc) is 2.28. The number of benzene rings is 1. The molecule has 1 amide bonds. The van der Waals surface area contributed by atoms with E-state index >= 15 is 0 Å². The normalized spacial score (nSPS) is 12.0.